The van der Waals surface area contributed by atoms with Gasteiger partial charge in [-0.05, 0) is 39.7 Å². The van der Waals surface area contributed by atoms with Crippen LogP contribution in [0.2, 0.25) is 0 Å². The second-order valence-corrected chi connectivity index (χ2v) is 6.29. The van der Waals surface area contributed by atoms with E-state index in [9.17, 15) is 4.79 Å². The molecule has 0 radical (unpaired) electrons. The summed E-state index contributed by atoms with van der Waals surface area (Å²) in [6, 6.07) is 2.04. The zero-order chi connectivity index (χ0) is 13.0. The molecule has 6 heteroatoms. The maximum Gasteiger partial charge on any atom is 0.264 e. The molecule has 0 saturated carbocycles. The van der Waals surface area contributed by atoms with Gasteiger partial charge in [-0.1, -0.05) is 13.8 Å². The van der Waals surface area contributed by atoms with Crippen LogP contribution in [-0.2, 0) is 0 Å². The highest BCUT2D eigenvalue weighted by Gasteiger charge is 2.17. The molecule has 1 rings (SSSR count). The van der Waals surface area contributed by atoms with E-state index >= 15 is 0 Å². The molecule has 3 nitrogen and oxygen atoms in total. The van der Waals surface area contributed by atoms with Crippen molar-refractivity contribution in [2.45, 2.75) is 26.3 Å². The molecule has 0 fully saturated rings. The van der Waals surface area contributed by atoms with E-state index in [1.165, 1.54) is 11.3 Å². The minimum absolute atomic E-state index is 0. The lowest BCUT2D eigenvalue weighted by Crippen LogP contribution is -2.34. The van der Waals surface area contributed by atoms with Crippen molar-refractivity contribution in [2.75, 3.05) is 13.6 Å². The molecule has 18 heavy (non-hydrogen) atoms. The van der Waals surface area contributed by atoms with E-state index in [0.29, 0.717) is 12.5 Å². The van der Waals surface area contributed by atoms with Gasteiger partial charge >= 0.3 is 0 Å². The van der Waals surface area contributed by atoms with Crippen molar-refractivity contribution in [3.05, 3.63) is 20.8 Å². The van der Waals surface area contributed by atoms with E-state index in [1.54, 1.807) is 4.90 Å². The summed E-state index contributed by atoms with van der Waals surface area (Å²) in [7, 11) is 1.82. The van der Waals surface area contributed by atoms with E-state index in [2.05, 4.69) is 29.8 Å². The van der Waals surface area contributed by atoms with Gasteiger partial charge in [-0.15, -0.1) is 23.7 Å². The zero-order valence-electron chi connectivity index (χ0n) is 10.9. The lowest BCUT2D eigenvalue weighted by atomic mass is 10.0. The number of halogens is 2. The van der Waals surface area contributed by atoms with Crippen LogP contribution >= 0.6 is 39.7 Å². The molecule has 0 saturated heterocycles. The largest absolute Gasteiger partial charge is 0.341 e. The van der Waals surface area contributed by atoms with Crippen molar-refractivity contribution in [1.82, 2.24) is 4.90 Å². The van der Waals surface area contributed by atoms with E-state index < -0.39 is 0 Å². The number of nitrogens with zero attached hydrogens (tertiary/aromatic N) is 1. The number of hydrogen-bond acceptors (Lipinski definition) is 3. The fourth-order valence-electron chi connectivity index (χ4n) is 1.40. The number of nitrogens with two attached hydrogens (primary N) is 1. The van der Waals surface area contributed by atoms with Crippen LogP contribution in [0.25, 0.3) is 0 Å². The molecular weight excluding hydrogens is 336 g/mol. The predicted molar refractivity (Wildman–Crippen MR) is 83.7 cm³/mol. The quantitative estimate of drug-likeness (QED) is 0.880. The van der Waals surface area contributed by atoms with Crippen LogP contribution in [0.1, 0.15) is 29.9 Å². The first-order chi connectivity index (χ1) is 7.93. The Balaban J connectivity index is 0.00000289. The third-order valence-corrected chi connectivity index (χ3v) is 4.64. The topological polar surface area (TPSA) is 46.3 Å². The molecule has 0 aliphatic rings. The first-order valence-electron chi connectivity index (χ1n) is 5.67. The molecule has 1 amide bonds. The molecule has 0 aliphatic carbocycles. The predicted octanol–water partition coefficient (Wildman–Crippen LogP) is 3.38. The van der Waals surface area contributed by atoms with Crippen LogP contribution in [0.3, 0.4) is 0 Å². The molecule has 1 unspecified atom stereocenters. The van der Waals surface area contributed by atoms with Gasteiger partial charge in [0.25, 0.3) is 5.91 Å². The summed E-state index contributed by atoms with van der Waals surface area (Å²) in [5.41, 5.74) is 5.97. The lowest BCUT2D eigenvalue weighted by Gasteiger charge is -2.21. The van der Waals surface area contributed by atoms with Crippen LogP contribution in [-0.4, -0.2) is 30.4 Å². The Kier molecular flexibility index (Phi) is 8.10. The summed E-state index contributed by atoms with van der Waals surface area (Å²) >= 11 is 4.83. The van der Waals surface area contributed by atoms with E-state index in [1.807, 2.05) is 18.5 Å². The number of carbonyl (C=O) groups excluding carboxylic acids is 1. The highest BCUT2D eigenvalue weighted by Crippen LogP contribution is 2.23. The van der Waals surface area contributed by atoms with Gasteiger partial charge in [-0.2, -0.15) is 0 Å². The van der Waals surface area contributed by atoms with Crippen molar-refractivity contribution in [1.29, 1.82) is 0 Å². The van der Waals surface area contributed by atoms with Crippen molar-refractivity contribution in [3.8, 4) is 0 Å². The molecule has 2 N–H and O–H groups in total. The van der Waals surface area contributed by atoms with Gasteiger partial charge in [-0.3, -0.25) is 4.79 Å². The Morgan fingerprint density at radius 3 is 2.61 bits per heavy atom. The van der Waals surface area contributed by atoms with Crippen molar-refractivity contribution in [2.24, 2.45) is 11.7 Å². The summed E-state index contributed by atoms with van der Waals surface area (Å²) in [5, 5.41) is 1.91. The third-order valence-electron chi connectivity index (χ3n) is 2.81. The Morgan fingerprint density at radius 1 is 1.56 bits per heavy atom. The summed E-state index contributed by atoms with van der Waals surface area (Å²) in [5.74, 6) is 0.509. The van der Waals surface area contributed by atoms with Gasteiger partial charge in [0, 0.05) is 24.1 Å². The van der Waals surface area contributed by atoms with Crippen LogP contribution in [0.4, 0.5) is 0 Å². The average molecular weight is 356 g/mol. The standard InChI is InChI=1S/C12H19BrN2OS.ClH/c1-8(2)10(14)4-6-15(3)12(16)11-9(13)5-7-17-11;/h5,7-8,10H,4,6,14H2,1-3H3;1H. The molecule has 1 aromatic heterocycles. The van der Waals surface area contributed by atoms with Gasteiger partial charge in [-0.25, -0.2) is 0 Å². The molecule has 1 atom stereocenters. The summed E-state index contributed by atoms with van der Waals surface area (Å²) < 4.78 is 0.868. The summed E-state index contributed by atoms with van der Waals surface area (Å²) in [4.78, 5) is 14.6. The molecule has 0 aliphatic heterocycles. The van der Waals surface area contributed by atoms with Crippen molar-refractivity contribution < 1.29 is 4.79 Å². The number of thiophene rings is 1. The van der Waals surface area contributed by atoms with E-state index in [4.69, 9.17) is 5.73 Å². The monoisotopic (exact) mass is 354 g/mol. The second kappa shape index (κ2) is 8.15. The number of amides is 1. The maximum atomic E-state index is 12.1. The number of carbonyl (C=O) groups is 1. The normalized spacial score (nSPS) is 12.1. The highest BCUT2D eigenvalue weighted by molar-refractivity contribution is 9.10. The van der Waals surface area contributed by atoms with Crippen LogP contribution in [0.5, 0.6) is 0 Å². The third kappa shape index (κ3) is 4.88. The molecule has 104 valence electrons. The number of rotatable bonds is 5. The molecule has 0 spiro atoms. The maximum absolute atomic E-state index is 12.1. The molecule has 0 aromatic carbocycles. The Hall–Kier alpha value is -0.100. The van der Waals surface area contributed by atoms with Gasteiger partial charge < -0.3 is 10.6 Å². The Bertz CT molecular complexity index is 384. The zero-order valence-corrected chi connectivity index (χ0v) is 14.1. The van der Waals surface area contributed by atoms with Gasteiger partial charge in [0.1, 0.15) is 4.88 Å². The molecule has 1 heterocycles. The first-order valence-corrected chi connectivity index (χ1v) is 7.34. The Morgan fingerprint density at radius 2 is 2.17 bits per heavy atom. The molecule has 0 bridgehead atoms. The number of hydrogen-bond donors (Lipinski definition) is 1. The fourth-order valence-corrected chi connectivity index (χ4v) is 2.93. The van der Waals surface area contributed by atoms with Crippen molar-refractivity contribution in [3.63, 3.8) is 0 Å². The van der Waals surface area contributed by atoms with Crippen molar-refractivity contribution >= 4 is 45.6 Å². The molecular formula is C12H20BrClN2OS. The van der Waals surface area contributed by atoms with E-state index in [0.717, 1.165) is 15.8 Å². The average Bonchev–Trinajstić information content (AvgIpc) is 2.70. The van der Waals surface area contributed by atoms with Gasteiger partial charge in [0.05, 0.1) is 0 Å². The second-order valence-electron chi connectivity index (χ2n) is 4.52. The summed E-state index contributed by atoms with van der Waals surface area (Å²) in [6.07, 6.45) is 0.836. The fraction of sp³-hybridized carbons (Fsp3) is 0.583. The van der Waals surface area contributed by atoms with E-state index in [-0.39, 0.29) is 24.4 Å². The lowest BCUT2D eigenvalue weighted by molar-refractivity contribution is 0.0793. The van der Waals surface area contributed by atoms with Crippen LogP contribution in [0.15, 0.2) is 15.9 Å². The van der Waals surface area contributed by atoms with Crippen LogP contribution in [0, 0.1) is 5.92 Å². The first kappa shape index (κ1) is 17.9. The van der Waals surface area contributed by atoms with Crippen LogP contribution < -0.4 is 5.73 Å². The van der Waals surface area contributed by atoms with Gasteiger partial charge in [0.2, 0.25) is 0 Å². The Labute approximate surface area is 127 Å². The summed E-state index contributed by atoms with van der Waals surface area (Å²) in [6.45, 7) is 4.90. The minimum Gasteiger partial charge on any atom is -0.341 e. The van der Waals surface area contributed by atoms with Gasteiger partial charge in [0.15, 0.2) is 0 Å². The molecule has 1 aromatic rings. The SMILES string of the molecule is CC(C)C(N)CCN(C)C(=O)c1sccc1Br.Cl. The highest BCUT2D eigenvalue weighted by atomic mass is 79.9. The minimum atomic E-state index is 0. The smallest absolute Gasteiger partial charge is 0.264 e.